The Balaban J connectivity index is 1.36. The lowest BCUT2D eigenvalue weighted by molar-refractivity contribution is -0.139. The summed E-state index contributed by atoms with van der Waals surface area (Å²) in [6.45, 7) is 12.1. The first kappa shape index (κ1) is 31.9. The van der Waals surface area contributed by atoms with E-state index in [9.17, 15) is 9.90 Å². The summed E-state index contributed by atoms with van der Waals surface area (Å²) in [5.74, 6) is 1.01. The van der Waals surface area contributed by atoms with Gasteiger partial charge < -0.3 is 25.4 Å². The number of nitrogens with one attached hydrogen (secondary N) is 2. The average Bonchev–Trinajstić information content (AvgIpc) is 3.75. The van der Waals surface area contributed by atoms with Gasteiger partial charge in [0, 0.05) is 60.5 Å². The number of aromatic nitrogens is 3. The van der Waals surface area contributed by atoms with Crippen LogP contribution in [0.15, 0.2) is 23.9 Å². The van der Waals surface area contributed by atoms with Gasteiger partial charge in [0.1, 0.15) is 17.7 Å². The Kier molecular flexibility index (Phi) is 11.3. The predicted octanol–water partition coefficient (Wildman–Crippen LogP) is 4.88. The Morgan fingerprint density at radius 2 is 1.90 bits per heavy atom. The topological polar surface area (TPSA) is 113 Å². The maximum Gasteiger partial charge on any atom is 0.326 e. The van der Waals surface area contributed by atoms with Crippen molar-refractivity contribution >= 4 is 11.8 Å². The highest BCUT2D eigenvalue weighted by molar-refractivity contribution is 5.74. The number of unbranched alkanes of at least 4 members (excludes halogenated alkanes) is 1. The van der Waals surface area contributed by atoms with Crippen molar-refractivity contribution in [3.63, 3.8) is 0 Å². The van der Waals surface area contributed by atoms with E-state index in [0.29, 0.717) is 19.6 Å². The summed E-state index contributed by atoms with van der Waals surface area (Å²) in [5.41, 5.74) is 6.36. The SMILES string of the molecule is CC/C=C(/NC(CCN(CCCCc1ccc2c(n1)NCCC2)CCOC)C(=O)O)C1(c2c(C)nc(C)nc2C)CC1. The molecule has 0 spiro atoms. The lowest BCUT2D eigenvalue weighted by atomic mass is 9.88. The predicted molar refractivity (Wildman–Crippen MR) is 167 cm³/mol. The molecule has 3 N–H and O–H groups in total. The van der Waals surface area contributed by atoms with Crippen LogP contribution in [0.4, 0.5) is 5.82 Å². The number of carboxylic acid groups (broad SMARTS) is 1. The largest absolute Gasteiger partial charge is 0.480 e. The van der Waals surface area contributed by atoms with Crippen LogP contribution >= 0.6 is 0 Å². The lowest BCUT2D eigenvalue weighted by Crippen LogP contribution is -2.43. The van der Waals surface area contributed by atoms with Gasteiger partial charge >= 0.3 is 5.97 Å². The monoisotopic (exact) mass is 578 g/mol. The molecule has 1 aliphatic carbocycles. The van der Waals surface area contributed by atoms with Gasteiger partial charge in [0.05, 0.1) is 6.61 Å². The van der Waals surface area contributed by atoms with Crippen LogP contribution in [0.5, 0.6) is 0 Å². The van der Waals surface area contributed by atoms with Crippen molar-refractivity contribution in [2.45, 2.75) is 96.9 Å². The number of rotatable bonds is 17. The van der Waals surface area contributed by atoms with Crippen LogP contribution in [0, 0.1) is 20.8 Å². The zero-order chi connectivity index (χ0) is 30.1. The smallest absolute Gasteiger partial charge is 0.326 e. The van der Waals surface area contributed by atoms with E-state index in [2.05, 4.69) is 50.6 Å². The van der Waals surface area contributed by atoms with Gasteiger partial charge in [-0.15, -0.1) is 0 Å². The second-order valence-corrected chi connectivity index (χ2v) is 11.9. The van der Waals surface area contributed by atoms with Crippen LogP contribution in [0.25, 0.3) is 0 Å². The number of hydrogen-bond donors (Lipinski definition) is 3. The fourth-order valence-electron chi connectivity index (χ4n) is 6.41. The van der Waals surface area contributed by atoms with Crippen molar-refractivity contribution in [3.8, 4) is 0 Å². The van der Waals surface area contributed by atoms with E-state index in [1.54, 1.807) is 7.11 Å². The molecule has 1 unspecified atom stereocenters. The molecular formula is C33H50N6O3. The Labute approximate surface area is 251 Å². The number of carbonyl (C=O) groups is 1. The standard InChI is InChI=1S/C33H50N6O3/c1-6-10-29(33(16-17-33)30-23(2)35-25(4)36-24(30)3)38-28(32(40)41)15-20-39(21-22-42-5)19-8-7-12-27-14-13-26-11-9-18-34-31(26)37-27/h10,13-14,28,38H,6-9,11-12,15-22H2,1-5H3,(H,34,37)(H,40,41)/b29-10+. The van der Waals surface area contributed by atoms with Crippen molar-refractivity contribution < 1.29 is 14.6 Å². The first-order valence-corrected chi connectivity index (χ1v) is 15.7. The number of nitrogens with zero attached hydrogens (tertiary/aromatic N) is 4. The molecule has 2 aromatic rings. The van der Waals surface area contributed by atoms with Crippen LogP contribution in [-0.4, -0.2) is 76.9 Å². The number of methoxy groups -OCH3 is 1. The highest BCUT2D eigenvalue weighted by atomic mass is 16.5. The molecule has 9 nitrogen and oxygen atoms in total. The van der Waals surface area contributed by atoms with E-state index in [1.165, 1.54) is 12.0 Å². The first-order chi connectivity index (χ1) is 20.3. The van der Waals surface area contributed by atoms with Gasteiger partial charge in [-0.2, -0.15) is 0 Å². The third-order valence-electron chi connectivity index (χ3n) is 8.62. The van der Waals surface area contributed by atoms with Gasteiger partial charge in [0.2, 0.25) is 0 Å². The maximum atomic E-state index is 12.5. The van der Waals surface area contributed by atoms with Crippen LogP contribution < -0.4 is 10.6 Å². The van der Waals surface area contributed by atoms with Crippen LogP contribution in [0.1, 0.15) is 85.9 Å². The zero-order valence-electron chi connectivity index (χ0n) is 26.3. The first-order valence-electron chi connectivity index (χ1n) is 15.7. The third-order valence-corrected chi connectivity index (χ3v) is 8.62. The molecule has 0 saturated heterocycles. The van der Waals surface area contributed by atoms with Crippen LogP contribution in [0.2, 0.25) is 0 Å². The van der Waals surface area contributed by atoms with E-state index in [1.807, 2.05) is 20.8 Å². The molecule has 0 amide bonds. The minimum Gasteiger partial charge on any atom is -0.480 e. The lowest BCUT2D eigenvalue weighted by Gasteiger charge is -2.29. The maximum absolute atomic E-state index is 12.5. The number of fused-ring (bicyclic) bond motifs is 1. The van der Waals surface area contributed by atoms with Crippen LogP contribution in [-0.2, 0) is 27.8 Å². The van der Waals surface area contributed by atoms with Gasteiger partial charge in [0.25, 0.3) is 0 Å². The van der Waals surface area contributed by atoms with Crippen molar-refractivity contribution in [1.29, 1.82) is 0 Å². The molecule has 42 heavy (non-hydrogen) atoms. The van der Waals surface area contributed by atoms with E-state index in [4.69, 9.17) is 9.72 Å². The number of carboxylic acids is 1. The zero-order valence-corrected chi connectivity index (χ0v) is 26.3. The normalized spacial score (nSPS) is 16.6. The minimum atomic E-state index is -0.819. The molecule has 9 heteroatoms. The number of aliphatic carboxylic acids is 1. The third kappa shape index (κ3) is 8.07. The van der Waals surface area contributed by atoms with Crippen LogP contribution in [0.3, 0.4) is 0 Å². The van der Waals surface area contributed by atoms with Gasteiger partial charge in [-0.05, 0) is 96.7 Å². The summed E-state index contributed by atoms with van der Waals surface area (Å²) in [6, 6.07) is 3.71. The Hall–Kier alpha value is -3.04. The molecule has 1 aliphatic heterocycles. The second-order valence-electron chi connectivity index (χ2n) is 11.9. The Morgan fingerprint density at radius 3 is 2.57 bits per heavy atom. The number of hydrogen-bond acceptors (Lipinski definition) is 8. The van der Waals surface area contributed by atoms with E-state index in [-0.39, 0.29) is 5.41 Å². The summed E-state index contributed by atoms with van der Waals surface area (Å²) in [4.78, 5) is 28.9. The summed E-state index contributed by atoms with van der Waals surface area (Å²) in [6.07, 6.45) is 10.7. The van der Waals surface area contributed by atoms with Gasteiger partial charge in [-0.3, -0.25) is 0 Å². The molecule has 3 heterocycles. The molecular weight excluding hydrogens is 528 g/mol. The van der Waals surface area contributed by atoms with Gasteiger partial charge in [0.15, 0.2) is 0 Å². The molecule has 0 radical (unpaired) electrons. The highest BCUT2D eigenvalue weighted by Gasteiger charge is 2.50. The summed E-state index contributed by atoms with van der Waals surface area (Å²) in [5, 5.41) is 17.1. The number of anilines is 1. The molecule has 1 fully saturated rings. The van der Waals surface area contributed by atoms with Crippen molar-refractivity contribution in [2.75, 3.05) is 45.2 Å². The number of pyridine rings is 1. The number of allylic oxidation sites excluding steroid dienone is 2. The van der Waals surface area contributed by atoms with E-state index >= 15 is 0 Å². The fraction of sp³-hybridized carbons (Fsp3) is 0.636. The van der Waals surface area contributed by atoms with E-state index < -0.39 is 12.0 Å². The average molecular weight is 579 g/mol. The summed E-state index contributed by atoms with van der Waals surface area (Å²) >= 11 is 0. The molecule has 2 aromatic heterocycles. The molecule has 1 saturated carbocycles. The van der Waals surface area contributed by atoms with Crippen molar-refractivity contribution in [1.82, 2.24) is 25.2 Å². The molecule has 0 bridgehead atoms. The summed E-state index contributed by atoms with van der Waals surface area (Å²) in [7, 11) is 1.71. The molecule has 1 atom stereocenters. The van der Waals surface area contributed by atoms with E-state index in [0.717, 1.165) is 105 Å². The van der Waals surface area contributed by atoms with Crippen molar-refractivity contribution in [3.05, 3.63) is 57.9 Å². The summed E-state index contributed by atoms with van der Waals surface area (Å²) < 4.78 is 5.37. The fourth-order valence-corrected chi connectivity index (χ4v) is 6.41. The molecule has 230 valence electrons. The van der Waals surface area contributed by atoms with Gasteiger partial charge in [-0.25, -0.2) is 19.7 Å². The quantitative estimate of drug-likeness (QED) is 0.226. The highest BCUT2D eigenvalue weighted by Crippen LogP contribution is 2.54. The minimum absolute atomic E-state index is 0.221. The Morgan fingerprint density at radius 1 is 1.14 bits per heavy atom. The molecule has 4 rings (SSSR count). The van der Waals surface area contributed by atoms with Crippen molar-refractivity contribution in [2.24, 2.45) is 0 Å². The number of aryl methyl sites for hydroxylation is 5. The molecule has 2 aliphatic rings. The second kappa shape index (κ2) is 14.9. The number of ether oxygens (including phenoxy) is 1. The Bertz CT molecular complexity index is 1220. The van der Waals surface area contributed by atoms with Gasteiger partial charge in [-0.1, -0.05) is 19.1 Å². The molecule has 0 aromatic carbocycles.